The molecule has 92 valence electrons. The topological polar surface area (TPSA) is 35.2 Å². The molecule has 2 aromatic rings. The predicted octanol–water partition coefficient (Wildman–Crippen LogP) is 3.03. The number of hydrogen-bond donors (Lipinski definition) is 1. The quantitative estimate of drug-likeness (QED) is 0.713. The second-order valence-corrected chi connectivity index (χ2v) is 4.74. The van der Waals surface area contributed by atoms with E-state index in [4.69, 9.17) is 10.5 Å². The molecule has 0 aliphatic heterocycles. The highest BCUT2D eigenvalue weighted by Crippen LogP contribution is 2.40. The zero-order valence-electron chi connectivity index (χ0n) is 10.6. The fourth-order valence-corrected chi connectivity index (χ4v) is 2.71. The van der Waals surface area contributed by atoms with Crippen LogP contribution in [0, 0.1) is 0 Å². The van der Waals surface area contributed by atoms with Crippen LogP contribution in [0.3, 0.4) is 0 Å². The molecule has 2 heteroatoms. The molecule has 0 unspecified atom stereocenters. The van der Waals surface area contributed by atoms with Crippen molar-refractivity contribution in [3.05, 3.63) is 53.1 Å². The minimum atomic E-state index is 0.718. The highest BCUT2D eigenvalue weighted by Gasteiger charge is 2.21. The van der Waals surface area contributed by atoms with Crippen LogP contribution >= 0.6 is 0 Å². The van der Waals surface area contributed by atoms with Gasteiger partial charge in [-0.15, -0.1) is 0 Å². The summed E-state index contributed by atoms with van der Waals surface area (Å²) in [5.74, 6) is 0. The van der Waals surface area contributed by atoms with Crippen molar-refractivity contribution in [3.63, 3.8) is 0 Å². The summed E-state index contributed by atoms with van der Waals surface area (Å²) >= 11 is 0. The Bertz CT molecular complexity index is 590. The van der Waals surface area contributed by atoms with Gasteiger partial charge in [0.1, 0.15) is 0 Å². The molecule has 2 nitrogen and oxygen atoms in total. The van der Waals surface area contributed by atoms with Crippen LogP contribution in [0.1, 0.15) is 16.7 Å². The van der Waals surface area contributed by atoms with Crippen molar-refractivity contribution in [2.75, 3.05) is 19.5 Å². The first-order valence-electron chi connectivity index (χ1n) is 6.28. The Morgan fingerprint density at radius 2 is 1.94 bits per heavy atom. The van der Waals surface area contributed by atoms with E-state index in [9.17, 15) is 0 Å². The van der Waals surface area contributed by atoms with E-state index >= 15 is 0 Å². The van der Waals surface area contributed by atoms with E-state index in [1.807, 2.05) is 0 Å². The average molecular weight is 239 g/mol. The summed E-state index contributed by atoms with van der Waals surface area (Å²) in [4.78, 5) is 0. The Labute approximate surface area is 107 Å². The fraction of sp³-hybridized carbons (Fsp3) is 0.250. The lowest BCUT2D eigenvalue weighted by Crippen LogP contribution is -2.02. The zero-order chi connectivity index (χ0) is 12.5. The molecule has 2 aromatic carbocycles. The smallest absolute Gasteiger partial charge is 0.0503 e. The maximum Gasteiger partial charge on any atom is 0.0503 e. The van der Waals surface area contributed by atoms with E-state index in [0.29, 0.717) is 0 Å². The van der Waals surface area contributed by atoms with Gasteiger partial charge in [-0.1, -0.05) is 36.4 Å². The number of anilines is 1. The van der Waals surface area contributed by atoms with Gasteiger partial charge in [-0.05, 0) is 34.2 Å². The van der Waals surface area contributed by atoms with Crippen molar-refractivity contribution in [2.45, 2.75) is 12.8 Å². The highest BCUT2D eigenvalue weighted by atomic mass is 16.5. The number of nitrogen functional groups attached to an aromatic ring is 1. The van der Waals surface area contributed by atoms with E-state index < -0.39 is 0 Å². The van der Waals surface area contributed by atoms with Gasteiger partial charge in [0, 0.05) is 19.2 Å². The Morgan fingerprint density at radius 3 is 2.78 bits per heavy atom. The van der Waals surface area contributed by atoms with Crippen LogP contribution < -0.4 is 5.73 Å². The number of benzene rings is 2. The van der Waals surface area contributed by atoms with E-state index in [1.165, 1.54) is 27.8 Å². The SMILES string of the molecule is COCCc1ccc2c(c1N)Cc1ccccc1-2. The van der Waals surface area contributed by atoms with Gasteiger partial charge in [0.15, 0.2) is 0 Å². The molecule has 3 rings (SSSR count). The third-order valence-corrected chi connectivity index (χ3v) is 3.70. The first-order valence-corrected chi connectivity index (χ1v) is 6.28. The maximum atomic E-state index is 6.30. The molecule has 2 N–H and O–H groups in total. The van der Waals surface area contributed by atoms with Crippen LogP contribution in [0.25, 0.3) is 11.1 Å². The molecule has 0 spiro atoms. The van der Waals surface area contributed by atoms with Gasteiger partial charge in [-0.2, -0.15) is 0 Å². The third kappa shape index (κ3) is 1.70. The highest BCUT2D eigenvalue weighted by molar-refractivity contribution is 5.82. The molecule has 1 aliphatic rings. The molecule has 0 aromatic heterocycles. The number of fused-ring (bicyclic) bond motifs is 3. The van der Waals surface area contributed by atoms with E-state index in [1.54, 1.807) is 7.11 Å². The first-order chi connectivity index (χ1) is 8.81. The summed E-state index contributed by atoms with van der Waals surface area (Å²) in [5.41, 5.74) is 13.7. The fourth-order valence-electron chi connectivity index (χ4n) is 2.71. The van der Waals surface area contributed by atoms with Crippen molar-refractivity contribution in [1.82, 2.24) is 0 Å². The van der Waals surface area contributed by atoms with Gasteiger partial charge in [0.25, 0.3) is 0 Å². The van der Waals surface area contributed by atoms with Crippen LogP contribution in [-0.2, 0) is 17.6 Å². The number of methoxy groups -OCH3 is 1. The van der Waals surface area contributed by atoms with Crippen molar-refractivity contribution >= 4 is 5.69 Å². The second-order valence-electron chi connectivity index (χ2n) is 4.74. The summed E-state index contributed by atoms with van der Waals surface area (Å²) in [6.45, 7) is 0.718. The van der Waals surface area contributed by atoms with Gasteiger partial charge in [0.05, 0.1) is 6.61 Å². The first kappa shape index (κ1) is 11.3. The maximum absolute atomic E-state index is 6.30. The lowest BCUT2D eigenvalue weighted by Gasteiger charge is -2.10. The van der Waals surface area contributed by atoms with Gasteiger partial charge in [-0.3, -0.25) is 0 Å². The normalized spacial score (nSPS) is 12.3. The standard InChI is InChI=1S/C16H17NO/c1-18-9-8-11-6-7-14-13-5-3-2-4-12(13)10-15(14)16(11)17/h2-7H,8-10,17H2,1H3. The summed E-state index contributed by atoms with van der Waals surface area (Å²) < 4.78 is 5.13. The summed E-state index contributed by atoms with van der Waals surface area (Å²) in [7, 11) is 1.72. The molecule has 0 saturated carbocycles. The van der Waals surface area contributed by atoms with E-state index in [0.717, 1.165) is 25.1 Å². The summed E-state index contributed by atoms with van der Waals surface area (Å²) in [6.07, 6.45) is 1.84. The number of nitrogens with two attached hydrogens (primary N) is 1. The van der Waals surface area contributed by atoms with Crippen LogP contribution in [0.15, 0.2) is 36.4 Å². The van der Waals surface area contributed by atoms with Crippen molar-refractivity contribution in [3.8, 4) is 11.1 Å². The van der Waals surface area contributed by atoms with Crippen LogP contribution in [-0.4, -0.2) is 13.7 Å². The minimum Gasteiger partial charge on any atom is -0.398 e. The Balaban J connectivity index is 2.04. The molecule has 0 bridgehead atoms. The van der Waals surface area contributed by atoms with Crippen LogP contribution in [0.4, 0.5) is 5.69 Å². The van der Waals surface area contributed by atoms with Crippen molar-refractivity contribution in [1.29, 1.82) is 0 Å². The summed E-state index contributed by atoms with van der Waals surface area (Å²) in [5, 5.41) is 0. The number of hydrogen-bond acceptors (Lipinski definition) is 2. The van der Waals surface area contributed by atoms with Crippen LogP contribution in [0.2, 0.25) is 0 Å². The van der Waals surface area contributed by atoms with Crippen molar-refractivity contribution in [2.24, 2.45) is 0 Å². The molecule has 18 heavy (non-hydrogen) atoms. The molecule has 0 heterocycles. The molecular formula is C16H17NO. The molecular weight excluding hydrogens is 222 g/mol. The third-order valence-electron chi connectivity index (χ3n) is 3.70. The van der Waals surface area contributed by atoms with Gasteiger partial charge in [-0.25, -0.2) is 0 Å². The monoisotopic (exact) mass is 239 g/mol. The molecule has 0 radical (unpaired) electrons. The van der Waals surface area contributed by atoms with Gasteiger partial charge < -0.3 is 10.5 Å². The molecule has 0 atom stereocenters. The summed E-state index contributed by atoms with van der Waals surface area (Å²) in [6, 6.07) is 12.9. The Kier molecular flexibility index (Phi) is 2.80. The lowest BCUT2D eigenvalue weighted by atomic mass is 9.99. The van der Waals surface area contributed by atoms with Crippen LogP contribution in [0.5, 0.6) is 0 Å². The Morgan fingerprint density at radius 1 is 1.11 bits per heavy atom. The van der Waals surface area contributed by atoms with Crippen molar-refractivity contribution < 1.29 is 4.74 Å². The molecule has 0 amide bonds. The number of ether oxygens (including phenoxy) is 1. The minimum absolute atomic E-state index is 0.718. The largest absolute Gasteiger partial charge is 0.398 e. The average Bonchev–Trinajstić information content (AvgIpc) is 2.78. The molecule has 1 aliphatic carbocycles. The predicted molar refractivity (Wildman–Crippen MR) is 74.7 cm³/mol. The van der Waals surface area contributed by atoms with Gasteiger partial charge >= 0.3 is 0 Å². The molecule has 0 saturated heterocycles. The van der Waals surface area contributed by atoms with E-state index in [2.05, 4.69) is 36.4 Å². The Hall–Kier alpha value is -1.80. The van der Waals surface area contributed by atoms with E-state index in [-0.39, 0.29) is 0 Å². The number of rotatable bonds is 3. The zero-order valence-corrected chi connectivity index (χ0v) is 10.6. The molecule has 0 fully saturated rings. The lowest BCUT2D eigenvalue weighted by molar-refractivity contribution is 0.202. The van der Waals surface area contributed by atoms with Gasteiger partial charge in [0.2, 0.25) is 0 Å². The second kappa shape index (κ2) is 4.46.